The van der Waals surface area contributed by atoms with Crippen LogP contribution in [0.25, 0.3) is 0 Å². The molecule has 21 heavy (non-hydrogen) atoms. The van der Waals surface area contributed by atoms with Gasteiger partial charge in [0.25, 0.3) is 0 Å². The minimum atomic E-state index is 0.537. The Hall–Kier alpha value is -0.820. The maximum absolute atomic E-state index is 4.01. The van der Waals surface area contributed by atoms with Gasteiger partial charge in [-0.25, -0.2) is 0 Å². The summed E-state index contributed by atoms with van der Waals surface area (Å²) < 4.78 is 0. The highest BCUT2D eigenvalue weighted by Gasteiger charge is 2.28. The molecule has 2 rings (SSSR count). The highest BCUT2D eigenvalue weighted by molar-refractivity contribution is 5.19. The van der Waals surface area contributed by atoms with E-state index in [0.29, 0.717) is 12.1 Å². The highest BCUT2D eigenvalue weighted by atomic mass is 15.0. The van der Waals surface area contributed by atoms with Crippen LogP contribution < -0.4 is 5.32 Å². The molecule has 0 spiro atoms. The van der Waals surface area contributed by atoms with Gasteiger partial charge in [0.1, 0.15) is 0 Å². The van der Waals surface area contributed by atoms with E-state index in [1.54, 1.807) is 0 Å². The van der Waals surface area contributed by atoms with Gasteiger partial charge in [0.05, 0.1) is 0 Å². The van der Waals surface area contributed by atoms with E-state index < -0.39 is 0 Å². The summed E-state index contributed by atoms with van der Waals surface area (Å²) in [5.41, 5.74) is 1.47. The average molecular weight is 287 g/mol. The Morgan fingerprint density at radius 3 is 2.57 bits per heavy atom. The molecule has 0 amide bonds. The lowest BCUT2D eigenvalue weighted by molar-refractivity contribution is 0.190. The highest BCUT2D eigenvalue weighted by Crippen LogP contribution is 2.32. The van der Waals surface area contributed by atoms with Gasteiger partial charge >= 0.3 is 0 Å². The number of hydrogen-bond donors (Lipinski definition) is 1. The van der Waals surface area contributed by atoms with Gasteiger partial charge in [0.2, 0.25) is 0 Å². The van der Waals surface area contributed by atoms with Gasteiger partial charge in [-0.3, -0.25) is 0 Å². The lowest BCUT2D eigenvalue weighted by Crippen LogP contribution is -2.42. The smallest absolute Gasteiger partial charge is 0.0322 e. The van der Waals surface area contributed by atoms with Crippen molar-refractivity contribution in [3.8, 4) is 0 Å². The molecule has 1 nitrogen and oxygen atoms in total. The number of nitrogens with one attached hydrogen (secondary N) is 1. The maximum Gasteiger partial charge on any atom is 0.0322 e. The summed E-state index contributed by atoms with van der Waals surface area (Å²) in [7, 11) is 0. The summed E-state index contributed by atoms with van der Waals surface area (Å²) >= 11 is 0. The molecule has 0 radical (unpaired) electrons. The van der Waals surface area contributed by atoms with Crippen LogP contribution in [0.4, 0.5) is 0 Å². The quantitative estimate of drug-likeness (QED) is 0.632. The first-order valence-electron chi connectivity index (χ1n) is 9.03. The van der Waals surface area contributed by atoms with Crippen molar-refractivity contribution in [2.24, 2.45) is 11.8 Å². The Morgan fingerprint density at radius 1 is 1.10 bits per heavy atom. The van der Waals surface area contributed by atoms with Gasteiger partial charge in [0, 0.05) is 12.1 Å². The molecule has 4 unspecified atom stereocenters. The van der Waals surface area contributed by atoms with Gasteiger partial charge in [0.15, 0.2) is 0 Å². The van der Waals surface area contributed by atoms with E-state index in [1.165, 1.54) is 50.5 Å². The Bertz CT molecular complexity index is 386. The third-order valence-corrected chi connectivity index (χ3v) is 5.42. The molecule has 4 atom stereocenters. The Kier molecular flexibility index (Phi) is 6.76. The van der Waals surface area contributed by atoms with Crippen LogP contribution in [0.1, 0.15) is 77.3 Å². The van der Waals surface area contributed by atoms with Crippen molar-refractivity contribution < 1.29 is 0 Å². The fourth-order valence-electron chi connectivity index (χ4n) is 3.71. The van der Waals surface area contributed by atoms with Gasteiger partial charge in [-0.2, -0.15) is 0 Å². The van der Waals surface area contributed by atoms with Crippen molar-refractivity contribution in [3.63, 3.8) is 0 Å². The van der Waals surface area contributed by atoms with Gasteiger partial charge in [-0.15, -0.1) is 0 Å². The van der Waals surface area contributed by atoms with Crippen LogP contribution in [0.15, 0.2) is 30.3 Å². The van der Waals surface area contributed by atoms with E-state index in [2.05, 4.69) is 56.4 Å². The first kappa shape index (κ1) is 16.5. The zero-order valence-electron chi connectivity index (χ0n) is 14.1. The Balaban J connectivity index is 2.01. The molecule has 1 fully saturated rings. The fourth-order valence-corrected chi connectivity index (χ4v) is 3.71. The predicted molar refractivity (Wildman–Crippen MR) is 92.4 cm³/mol. The molecule has 1 aliphatic rings. The Labute approximate surface area is 131 Å². The first-order chi connectivity index (χ1) is 10.2. The standard InChI is InChI=1S/C20H33N/c1-4-5-7-14-20(18-12-8-6-9-13-18)21-19-15-10-11-16(2)17(19)3/h6,8-9,12-13,16-17,19-21H,4-5,7,10-11,14-15H2,1-3H3. The molecule has 0 heterocycles. The van der Waals surface area contributed by atoms with Crippen LogP contribution in [0.5, 0.6) is 0 Å². The molecular weight excluding hydrogens is 254 g/mol. The minimum absolute atomic E-state index is 0.537. The van der Waals surface area contributed by atoms with E-state index in [0.717, 1.165) is 11.8 Å². The molecule has 0 aromatic heterocycles. The summed E-state index contributed by atoms with van der Waals surface area (Å²) in [6, 6.07) is 12.3. The second kappa shape index (κ2) is 8.58. The second-order valence-corrected chi connectivity index (χ2v) is 7.00. The molecule has 1 heteroatoms. The SMILES string of the molecule is CCCCCC(NC1CCCC(C)C1C)c1ccccc1. The van der Waals surface area contributed by atoms with Crippen LogP contribution in [0.2, 0.25) is 0 Å². The van der Waals surface area contributed by atoms with Crippen molar-refractivity contribution in [2.45, 2.75) is 77.8 Å². The number of benzene rings is 1. The van der Waals surface area contributed by atoms with Gasteiger partial charge in [-0.05, 0) is 30.2 Å². The zero-order chi connectivity index (χ0) is 15.1. The first-order valence-corrected chi connectivity index (χ1v) is 9.03. The maximum atomic E-state index is 4.01. The number of unbranched alkanes of at least 4 members (excludes halogenated alkanes) is 2. The van der Waals surface area contributed by atoms with Crippen LogP contribution in [-0.4, -0.2) is 6.04 Å². The van der Waals surface area contributed by atoms with Crippen LogP contribution in [0, 0.1) is 11.8 Å². The number of rotatable bonds is 7. The van der Waals surface area contributed by atoms with E-state index in [-0.39, 0.29) is 0 Å². The molecule has 1 aromatic rings. The fraction of sp³-hybridized carbons (Fsp3) is 0.700. The molecular formula is C20H33N. The number of hydrogen-bond acceptors (Lipinski definition) is 1. The van der Waals surface area contributed by atoms with Gasteiger partial charge in [-0.1, -0.05) is 83.2 Å². The second-order valence-electron chi connectivity index (χ2n) is 7.00. The largest absolute Gasteiger partial charge is 0.307 e. The molecule has 0 bridgehead atoms. The summed E-state index contributed by atoms with van der Waals surface area (Å²) in [6.07, 6.45) is 9.41. The van der Waals surface area contributed by atoms with Crippen LogP contribution in [-0.2, 0) is 0 Å². The monoisotopic (exact) mass is 287 g/mol. The predicted octanol–water partition coefficient (Wildman–Crippen LogP) is 5.72. The lowest BCUT2D eigenvalue weighted by atomic mass is 9.77. The minimum Gasteiger partial charge on any atom is -0.307 e. The Morgan fingerprint density at radius 2 is 1.86 bits per heavy atom. The van der Waals surface area contributed by atoms with Crippen LogP contribution in [0.3, 0.4) is 0 Å². The van der Waals surface area contributed by atoms with E-state index in [1.807, 2.05) is 0 Å². The molecule has 0 aliphatic heterocycles. The van der Waals surface area contributed by atoms with E-state index >= 15 is 0 Å². The summed E-state index contributed by atoms with van der Waals surface area (Å²) in [5, 5.41) is 4.01. The molecule has 1 aliphatic carbocycles. The molecule has 118 valence electrons. The summed E-state index contributed by atoms with van der Waals surface area (Å²) in [6.45, 7) is 7.15. The van der Waals surface area contributed by atoms with Crippen molar-refractivity contribution in [3.05, 3.63) is 35.9 Å². The van der Waals surface area contributed by atoms with Gasteiger partial charge < -0.3 is 5.32 Å². The molecule has 0 saturated heterocycles. The topological polar surface area (TPSA) is 12.0 Å². The van der Waals surface area contributed by atoms with Crippen molar-refractivity contribution in [1.82, 2.24) is 5.32 Å². The van der Waals surface area contributed by atoms with Crippen molar-refractivity contribution in [2.75, 3.05) is 0 Å². The third-order valence-electron chi connectivity index (χ3n) is 5.42. The lowest BCUT2D eigenvalue weighted by Gasteiger charge is -2.37. The van der Waals surface area contributed by atoms with Crippen LogP contribution >= 0.6 is 0 Å². The normalized spacial score (nSPS) is 27.5. The molecule has 1 saturated carbocycles. The van der Waals surface area contributed by atoms with E-state index in [4.69, 9.17) is 0 Å². The summed E-state index contributed by atoms with van der Waals surface area (Å²) in [4.78, 5) is 0. The van der Waals surface area contributed by atoms with E-state index in [9.17, 15) is 0 Å². The summed E-state index contributed by atoms with van der Waals surface area (Å²) in [5.74, 6) is 1.67. The van der Waals surface area contributed by atoms with Crippen molar-refractivity contribution >= 4 is 0 Å². The molecule has 1 N–H and O–H groups in total. The zero-order valence-corrected chi connectivity index (χ0v) is 14.1. The third kappa shape index (κ3) is 4.85. The average Bonchev–Trinajstić information content (AvgIpc) is 2.51. The molecule has 1 aromatic carbocycles. The van der Waals surface area contributed by atoms with Crippen molar-refractivity contribution in [1.29, 1.82) is 0 Å².